The first-order chi connectivity index (χ1) is 9.50. The predicted octanol–water partition coefficient (Wildman–Crippen LogP) is 2.06. The summed E-state index contributed by atoms with van der Waals surface area (Å²) >= 11 is 0.377. The molecule has 0 aliphatic rings. The molecule has 3 atom stereocenters. The molecule has 0 spiro atoms. The third-order valence-electron chi connectivity index (χ3n) is 2.94. The van der Waals surface area contributed by atoms with Crippen molar-refractivity contribution in [1.82, 2.24) is 5.32 Å². The zero-order valence-corrected chi connectivity index (χ0v) is 12.7. The van der Waals surface area contributed by atoms with Crippen LogP contribution < -0.4 is 5.32 Å². The largest absolute Gasteiger partial charge is 0.480 e. The zero-order chi connectivity index (χ0) is 16.8. The molecule has 1 unspecified atom stereocenters. The van der Waals surface area contributed by atoms with Gasteiger partial charge in [-0.05, 0) is 5.92 Å². The molecule has 5 nitrogen and oxygen atoms in total. The minimum atomic E-state index is -4.84. The number of halogens is 3. The second-order valence-electron chi connectivity index (χ2n) is 4.61. The van der Waals surface area contributed by atoms with Crippen molar-refractivity contribution in [3.8, 4) is 0 Å². The molecule has 0 radical (unpaired) electrons. The van der Waals surface area contributed by atoms with Crippen LogP contribution in [0.25, 0.3) is 0 Å². The molecule has 2 N–H and O–H groups in total. The summed E-state index contributed by atoms with van der Waals surface area (Å²) < 4.78 is 38.5. The Kier molecular flexibility index (Phi) is 7.76. The van der Waals surface area contributed by atoms with E-state index in [-0.39, 0.29) is 0 Å². The lowest BCUT2D eigenvalue weighted by Crippen LogP contribution is -2.50. The van der Waals surface area contributed by atoms with Crippen LogP contribution in [-0.4, -0.2) is 40.1 Å². The van der Waals surface area contributed by atoms with Crippen LogP contribution in [0.3, 0.4) is 0 Å². The van der Waals surface area contributed by atoms with Gasteiger partial charge in [-0.15, -0.1) is 0 Å². The Hall–Kier alpha value is -1.25. The maximum Gasteiger partial charge on any atom is 0.401 e. The lowest BCUT2D eigenvalue weighted by molar-refractivity contribution is -0.179. The molecule has 21 heavy (non-hydrogen) atoms. The summed E-state index contributed by atoms with van der Waals surface area (Å²) in [7, 11) is 0. The Bertz CT molecular complexity index is 400. The van der Waals surface area contributed by atoms with E-state index in [0.29, 0.717) is 18.2 Å². The standard InChI is InChI=1S/C12H18F3NO4S/c1-4-6(2)9(11(19)20)16-10(18)8(12(13,14)15)5-21-7(3)17/h6,8-9H,4-5H2,1-3H3,(H,16,18)(H,19,20)/t6-,8?,9-/m1/s1. The van der Waals surface area contributed by atoms with E-state index in [0.717, 1.165) is 6.92 Å². The van der Waals surface area contributed by atoms with E-state index in [1.807, 2.05) is 5.32 Å². The van der Waals surface area contributed by atoms with Crippen LogP contribution in [0.4, 0.5) is 13.2 Å². The number of amides is 1. The van der Waals surface area contributed by atoms with Gasteiger partial charge in [0.1, 0.15) is 12.0 Å². The highest BCUT2D eigenvalue weighted by atomic mass is 32.2. The maximum absolute atomic E-state index is 12.8. The van der Waals surface area contributed by atoms with Gasteiger partial charge in [0, 0.05) is 12.7 Å². The molecule has 0 aliphatic carbocycles. The molecule has 0 heterocycles. The number of carbonyl (C=O) groups excluding carboxylic acids is 2. The molecule has 0 aromatic heterocycles. The number of carboxylic acid groups (broad SMARTS) is 1. The van der Waals surface area contributed by atoms with Gasteiger partial charge in [0.2, 0.25) is 5.91 Å². The maximum atomic E-state index is 12.8. The Balaban J connectivity index is 5.02. The first-order valence-electron chi connectivity index (χ1n) is 6.23. The molecule has 9 heteroatoms. The van der Waals surface area contributed by atoms with Crippen molar-refractivity contribution in [3.63, 3.8) is 0 Å². The van der Waals surface area contributed by atoms with E-state index >= 15 is 0 Å². The lowest BCUT2D eigenvalue weighted by Gasteiger charge is -2.24. The summed E-state index contributed by atoms with van der Waals surface area (Å²) in [5.41, 5.74) is 0. The Morgan fingerprint density at radius 3 is 2.14 bits per heavy atom. The third kappa shape index (κ3) is 6.83. The molecule has 0 aromatic rings. The fourth-order valence-electron chi connectivity index (χ4n) is 1.46. The first-order valence-corrected chi connectivity index (χ1v) is 7.22. The highest BCUT2D eigenvalue weighted by Crippen LogP contribution is 2.30. The number of hydrogen-bond donors (Lipinski definition) is 2. The van der Waals surface area contributed by atoms with Gasteiger partial charge in [-0.25, -0.2) is 4.79 Å². The molecule has 122 valence electrons. The van der Waals surface area contributed by atoms with E-state index < -0.39 is 46.8 Å². The van der Waals surface area contributed by atoms with Crippen molar-refractivity contribution < 1.29 is 32.7 Å². The summed E-state index contributed by atoms with van der Waals surface area (Å²) in [4.78, 5) is 33.5. The molecule has 0 saturated heterocycles. The zero-order valence-electron chi connectivity index (χ0n) is 11.9. The van der Waals surface area contributed by atoms with Crippen LogP contribution in [0.5, 0.6) is 0 Å². The van der Waals surface area contributed by atoms with Crippen molar-refractivity contribution in [3.05, 3.63) is 0 Å². The predicted molar refractivity (Wildman–Crippen MR) is 71.7 cm³/mol. The van der Waals surface area contributed by atoms with Crippen molar-refractivity contribution in [2.45, 2.75) is 39.4 Å². The summed E-state index contributed by atoms with van der Waals surface area (Å²) in [6.07, 6.45) is -4.46. The van der Waals surface area contributed by atoms with E-state index in [4.69, 9.17) is 5.11 Å². The third-order valence-corrected chi connectivity index (χ3v) is 3.85. The monoisotopic (exact) mass is 329 g/mol. The van der Waals surface area contributed by atoms with Crippen LogP contribution in [0.1, 0.15) is 27.2 Å². The Labute approximate surface area is 124 Å². The number of aliphatic carboxylic acids is 1. The van der Waals surface area contributed by atoms with Gasteiger partial charge >= 0.3 is 12.1 Å². The number of hydrogen-bond acceptors (Lipinski definition) is 4. The fourth-order valence-corrected chi connectivity index (χ4v) is 2.20. The van der Waals surface area contributed by atoms with Crippen LogP contribution >= 0.6 is 11.8 Å². The molecule has 0 aromatic carbocycles. The summed E-state index contributed by atoms with van der Waals surface area (Å²) in [5.74, 6) is -6.52. The van der Waals surface area contributed by atoms with Gasteiger partial charge < -0.3 is 10.4 Å². The van der Waals surface area contributed by atoms with E-state index in [2.05, 4.69) is 0 Å². The number of rotatable bonds is 7. The van der Waals surface area contributed by atoms with Crippen molar-refractivity contribution >= 4 is 28.8 Å². The van der Waals surface area contributed by atoms with Crippen molar-refractivity contribution in [1.29, 1.82) is 0 Å². The van der Waals surface area contributed by atoms with Crippen molar-refractivity contribution in [2.24, 2.45) is 11.8 Å². The Morgan fingerprint density at radius 2 is 1.81 bits per heavy atom. The molecule has 0 aliphatic heterocycles. The highest BCUT2D eigenvalue weighted by molar-refractivity contribution is 8.13. The van der Waals surface area contributed by atoms with Gasteiger partial charge in [-0.3, -0.25) is 9.59 Å². The summed E-state index contributed by atoms with van der Waals surface area (Å²) in [6, 6.07) is -1.39. The van der Waals surface area contributed by atoms with E-state index in [1.54, 1.807) is 6.92 Å². The number of carbonyl (C=O) groups is 3. The van der Waals surface area contributed by atoms with Gasteiger partial charge in [0.25, 0.3) is 0 Å². The molecule has 1 amide bonds. The molecule has 0 rings (SSSR count). The molecular formula is C12H18F3NO4S. The van der Waals surface area contributed by atoms with E-state index in [1.165, 1.54) is 6.92 Å². The summed E-state index contributed by atoms with van der Waals surface area (Å²) in [6.45, 7) is 4.28. The van der Waals surface area contributed by atoms with Crippen LogP contribution in [0.2, 0.25) is 0 Å². The van der Waals surface area contributed by atoms with Crippen LogP contribution in [0, 0.1) is 11.8 Å². The minimum Gasteiger partial charge on any atom is -0.480 e. The minimum absolute atomic E-state index is 0.377. The quantitative estimate of drug-likeness (QED) is 0.747. The number of alkyl halides is 3. The lowest BCUT2D eigenvalue weighted by atomic mass is 9.98. The van der Waals surface area contributed by atoms with E-state index in [9.17, 15) is 27.6 Å². The van der Waals surface area contributed by atoms with Gasteiger partial charge in [0.15, 0.2) is 5.12 Å². The van der Waals surface area contributed by atoms with Gasteiger partial charge in [-0.1, -0.05) is 32.0 Å². The molecule has 0 fully saturated rings. The second-order valence-corrected chi connectivity index (χ2v) is 5.80. The Morgan fingerprint density at radius 1 is 1.29 bits per heavy atom. The SMILES string of the molecule is CC[C@@H](C)[C@@H](NC(=O)C(CSC(C)=O)C(F)(F)F)C(=O)O. The number of carboxylic acids is 1. The second kappa shape index (κ2) is 8.26. The summed E-state index contributed by atoms with van der Waals surface area (Å²) in [5, 5.41) is 10.3. The van der Waals surface area contributed by atoms with Gasteiger partial charge in [-0.2, -0.15) is 13.2 Å². The number of nitrogens with one attached hydrogen (secondary N) is 1. The molecule has 0 saturated carbocycles. The highest BCUT2D eigenvalue weighted by Gasteiger charge is 2.46. The van der Waals surface area contributed by atoms with Crippen LogP contribution in [0.15, 0.2) is 0 Å². The van der Waals surface area contributed by atoms with Crippen LogP contribution in [-0.2, 0) is 14.4 Å². The molecule has 0 bridgehead atoms. The average Bonchev–Trinajstić information content (AvgIpc) is 2.32. The molecular weight excluding hydrogens is 311 g/mol. The fraction of sp³-hybridized carbons (Fsp3) is 0.750. The number of thioether (sulfide) groups is 1. The van der Waals surface area contributed by atoms with Gasteiger partial charge in [0.05, 0.1) is 0 Å². The first kappa shape index (κ1) is 19.8. The topological polar surface area (TPSA) is 83.5 Å². The normalized spacial score (nSPS) is 15.9. The average molecular weight is 329 g/mol. The smallest absolute Gasteiger partial charge is 0.401 e. The van der Waals surface area contributed by atoms with Crippen molar-refractivity contribution in [2.75, 3.05) is 5.75 Å².